The van der Waals surface area contributed by atoms with Gasteiger partial charge in [0, 0.05) is 60.9 Å². The third-order valence-corrected chi connectivity index (χ3v) is 5.23. The fraction of sp³-hybridized carbons (Fsp3) is 0.350. The van der Waals surface area contributed by atoms with E-state index in [9.17, 15) is 0 Å². The molecule has 0 saturated heterocycles. The zero-order chi connectivity index (χ0) is 17.1. The molecule has 0 amide bonds. The number of fused-ring (bicyclic) bond motifs is 1. The summed E-state index contributed by atoms with van der Waals surface area (Å²) in [6.07, 6.45) is 5.08. The third-order valence-electron chi connectivity index (χ3n) is 4.55. The molecule has 0 aromatic carbocycles. The van der Waals surface area contributed by atoms with Gasteiger partial charge < -0.3 is 0 Å². The Kier molecular flexibility index (Phi) is 4.85. The molecule has 1 aliphatic rings. The van der Waals surface area contributed by atoms with E-state index in [0.29, 0.717) is 0 Å². The molecule has 0 atom stereocenters. The first kappa shape index (κ1) is 16.4. The third kappa shape index (κ3) is 3.78. The molecule has 0 spiro atoms. The van der Waals surface area contributed by atoms with Crippen LogP contribution in [-0.4, -0.2) is 26.4 Å². The predicted molar refractivity (Wildman–Crippen MR) is 101 cm³/mol. The van der Waals surface area contributed by atoms with E-state index >= 15 is 0 Å². The summed E-state index contributed by atoms with van der Waals surface area (Å²) in [7, 11) is 0. The Morgan fingerprint density at radius 2 is 2.16 bits per heavy atom. The summed E-state index contributed by atoms with van der Waals surface area (Å²) in [6, 6.07) is 8.43. The average Bonchev–Trinajstić information content (AvgIpc) is 3.17. The summed E-state index contributed by atoms with van der Waals surface area (Å²) in [6.45, 7) is 4.97. The van der Waals surface area contributed by atoms with E-state index in [1.54, 1.807) is 11.3 Å². The van der Waals surface area contributed by atoms with E-state index in [2.05, 4.69) is 51.8 Å². The van der Waals surface area contributed by atoms with E-state index in [0.717, 1.165) is 56.1 Å². The van der Waals surface area contributed by atoms with Crippen molar-refractivity contribution in [2.45, 2.75) is 39.3 Å². The highest BCUT2D eigenvalue weighted by molar-refractivity contribution is 7.08. The monoisotopic (exact) mass is 350 g/mol. The van der Waals surface area contributed by atoms with Crippen LogP contribution in [0.5, 0.6) is 0 Å². The van der Waals surface area contributed by atoms with Gasteiger partial charge in [0.15, 0.2) is 0 Å². The molecule has 128 valence electrons. The van der Waals surface area contributed by atoms with Crippen molar-refractivity contribution in [3.63, 3.8) is 0 Å². The van der Waals surface area contributed by atoms with Crippen LogP contribution in [0.4, 0.5) is 0 Å². The van der Waals surface area contributed by atoms with Crippen LogP contribution in [-0.2, 0) is 25.9 Å². The lowest BCUT2D eigenvalue weighted by molar-refractivity contribution is 0.240. The Morgan fingerprint density at radius 1 is 1.20 bits per heavy atom. The van der Waals surface area contributed by atoms with Gasteiger partial charge in [-0.25, -0.2) is 9.97 Å². The minimum absolute atomic E-state index is 0.869. The Bertz CT molecular complexity index is 845. The van der Waals surface area contributed by atoms with Crippen LogP contribution in [0.2, 0.25) is 0 Å². The highest BCUT2D eigenvalue weighted by Crippen LogP contribution is 2.22. The summed E-state index contributed by atoms with van der Waals surface area (Å²) in [4.78, 5) is 16.5. The van der Waals surface area contributed by atoms with E-state index < -0.39 is 0 Å². The van der Waals surface area contributed by atoms with Gasteiger partial charge in [-0.05, 0) is 30.0 Å². The standard InChI is InChI=1S/C20H22N4S/c1-2-4-20-21-11-16-12-24(9-7-19(16)23-20)13-17-5-3-6-18(22-17)15-8-10-25-14-15/h3,5-6,8,10-11,14H,2,4,7,9,12-13H2,1H3. The molecule has 0 unspecified atom stereocenters. The Hall–Kier alpha value is -2.11. The lowest BCUT2D eigenvalue weighted by Gasteiger charge is -2.27. The SMILES string of the molecule is CCCc1ncc2c(n1)CCN(Cc1cccc(-c3ccsc3)n1)C2. The number of rotatable bonds is 5. The molecule has 0 bridgehead atoms. The van der Waals surface area contributed by atoms with Crippen molar-refractivity contribution in [3.8, 4) is 11.3 Å². The van der Waals surface area contributed by atoms with Crippen molar-refractivity contribution in [1.29, 1.82) is 0 Å². The maximum atomic E-state index is 4.84. The van der Waals surface area contributed by atoms with Gasteiger partial charge >= 0.3 is 0 Å². The van der Waals surface area contributed by atoms with Crippen LogP contribution in [0.15, 0.2) is 41.2 Å². The van der Waals surface area contributed by atoms with E-state index in [1.807, 2.05) is 6.20 Å². The maximum absolute atomic E-state index is 4.84. The van der Waals surface area contributed by atoms with Crippen LogP contribution < -0.4 is 0 Å². The first-order chi connectivity index (χ1) is 12.3. The Balaban J connectivity index is 1.47. The van der Waals surface area contributed by atoms with Gasteiger partial charge in [-0.2, -0.15) is 11.3 Å². The molecule has 5 heteroatoms. The number of pyridine rings is 1. The summed E-state index contributed by atoms with van der Waals surface area (Å²) in [5.74, 6) is 0.986. The summed E-state index contributed by atoms with van der Waals surface area (Å²) in [5.41, 5.74) is 5.88. The average molecular weight is 350 g/mol. The van der Waals surface area contributed by atoms with Crippen molar-refractivity contribution in [3.05, 3.63) is 64.0 Å². The number of nitrogens with zero attached hydrogens (tertiary/aromatic N) is 4. The normalized spacial score (nSPS) is 14.4. The lowest BCUT2D eigenvalue weighted by Crippen LogP contribution is -2.31. The molecule has 4 rings (SSSR count). The van der Waals surface area contributed by atoms with Gasteiger partial charge in [-0.1, -0.05) is 13.0 Å². The second-order valence-electron chi connectivity index (χ2n) is 6.50. The smallest absolute Gasteiger partial charge is 0.128 e. The molecule has 4 nitrogen and oxygen atoms in total. The molecule has 0 fully saturated rings. The number of hydrogen-bond donors (Lipinski definition) is 0. The van der Waals surface area contributed by atoms with Gasteiger partial charge in [0.1, 0.15) is 5.82 Å². The second kappa shape index (κ2) is 7.42. The highest BCUT2D eigenvalue weighted by atomic mass is 32.1. The molecular formula is C20H22N4S. The van der Waals surface area contributed by atoms with Gasteiger partial charge in [-0.3, -0.25) is 9.88 Å². The van der Waals surface area contributed by atoms with Crippen LogP contribution in [0, 0.1) is 0 Å². The summed E-state index contributed by atoms with van der Waals surface area (Å²) in [5, 5.41) is 4.24. The minimum atomic E-state index is 0.869. The quantitative estimate of drug-likeness (QED) is 0.694. The van der Waals surface area contributed by atoms with Crippen molar-refractivity contribution in [2.75, 3.05) is 6.54 Å². The number of aromatic nitrogens is 3. The highest BCUT2D eigenvalue weighted by Gasteiger charge is 2.19. The van der Waals surface area contributed by atoms with E-state index in [-0.39, 0.29) is 0 Å². The van der Waals surface area contributed by atoms with Crippen LogP contribution in [0.1, 0.15) is 36.1 Å². The lowest BCUT2D eigenvalue weighted by atomic mass is 10.1. The minimum Gasteiger partial charge on any atom is -0.293 e. The van der Waals surface area contributed by atoms with Crippen molar-refractivity contribution in [2.24, 2.45) is 0 Å². The largest absolute Gasteiger partial charge is 0.293 e. The van der Waals surface area contributed by atoms with Crippen molar-refractivity contribution >= 4 is 11.3 Å². The van der Waals surface area contributed by atoms with Crippen LogP contribution >= 0.6 is 11.3 Å². The number of aryl methyl sites for hydroxylation is 1. The first-order valence-electron chi connectivity index (χ1n) is 8.86. The molecular weight excluding hydrogens is 328 g/mol. The molecule has 0 aliphatic carbocycles. The zero-order valence-corrected chi connectivity index (χ0v) is 15.3. The zero-order valence-electron chi connectivity index (χ0n) is 14.5. The van der Waals surface area contributed by atoms with Crippen LogP contribution in [0.25, 0.3) is 11.3 Å². The predicted octanol–water partition coefficient (Wildman–Crippen LogP) is 4.11. The molecule has 0 radical (unpaired) electrons. The molecule has 0 saturated carbocycles. The molecule has 3 aromatic heterocycles. The van der Waals surface area contributed by atoms with E-state index in [4.69, 9.17) is 9.97 Å². The van der Waals surface area contributed by atoms with Gasteiger partial charge in [0.2, 0.25) is 0 Å². The number of thiophene rings is 1. The fourth-order valence-electron chi connectivity index (χ4n) is 3.26. The first-order valence-corrected chi connectivity index (χ1v) is 9.80. The molecule has 25 heavy (non-hydrogen) atoms. The summed E-state index contributed by atoms with van der Waals surface area (Å²) >= 11 is 1.71. The maximum Gasteiger partial charge on any atom is 0.128 e. The Morgan fingerprint density at radius 3 is 3.00 bits per heavy atom. The molecule has 1 aliphatic heterocycles. The molecule has 3 aromatic rings. The fourth-order valence-corrected chi connectivity index (χ4v) is 3.91. The summed E-state index contributed by atoms with van der Waals surface area (Å²) < 4.78 is 0. The number of hydrogen-bond acceptors (Lipinski definition) is 5. The second-order valence-corrected chi connectivity index (χ2v) is 7.28. The Labute approximate surface area is 152 Å². The van der Waals surface area contributed by atoms with Crippen molar-refractivity contribution < 1.29 is 0 Å². The van der Waals surface area contributed by atoms with Crippen LogP contribution in [0.3, 0.4) is 0 Å². The van der Waals surface area contributed by atoms with Gasteiger partial charge in [0.25, 0.3) is 0 Å². The molecule has 0 N–H and O–H groups in total. The topological polar surface area (TPSA) is 41.9 Å². The molecule has 4 heterocycles. The van der Waals surface area contributed by atoms with Gasteiger partial charge in [0.05, 0.1) is 11.4 Å². The van der Waals surface area contributed by atoms with Gasteiger partial charge in [-0.15, -0.1) is 0 Å². The van der Waals surface area contributed by atoms with E-state index in [1.165, 1.54) is 16.8 Å². The van der Waals surface area contributed by atoms with Crippen molar-refractivity contribution in [1.82, 2.24) is 19.9 Å².